The van der Waals surface area contributed by atoms with Crippen LogP contribution in [0.3, 0.4) is 0 Å². The topological polar surface area (TPSA) is 62.7 Å². The number of halogens is 1. The molecule has 104 valence electrons. The molecule has 0 atom stereocenters. The van der Waals surface area contributed by atoms with Crippen molar-refractivity contribution in [2.24, 2.45) is 0 Å². The molecule has 5 nitrogen and oxygen atoms in total. The largest absolute Gasteiger partial charge is 0.368 e. The lowest BCUT2D eigenvalue weighted by Gasteiger charge is -2.07. The zero-order valence-electron chi connectivity index (χ0n) is 11.0. The molecule has 1 aromatic carbocycles. The highest BCUT2D eigenvalue weighted by Gasteiger charge is 2.22. The summed E-state index contributed by atoms with van der Waals surface area (Å²) >= 11 is 0. The van der Waals surface area contributed by atoms with E-state index in [0.717, 1.165) is 12.0 Å². The maximum Gasteiger partial charge on any atom is 0.244 e. The van der Waals surface area contributed by atoms with Crippen LogP contribution in [0.5, 0.6) is 0 Å². The second kappa shape index (κ2) is 5.81. The Kier molecular flexibility index (Phi) is 3.71. The summed E-state index contributed by atoms with van der Waals surface area (Å²) < 4.78 is 12.8. The molecule has 0 amide bonds. The van der Waals surface area contributed by atoms with Crippen LogP contribution in [0.15, 0.2) is 30.5 Å². The van der Waals surface area contributed by atoms with Gasteiger partial charge in [0.05, 0.1) is 6.20 Å². The van der Waals surface area contributed by atoms with Gasteiger partial charge in [-0.25, -0.2) is 4.39 Å². The minimum Gasteiger partial charge on any atom is -0.368 e. The van der Waals surface area contributed by atoms with Gasteiger partial charge in [0.25, 0.3) is 0 Å². The monoisotopic (exact) mass is 273 g/mol. The molecular formula is C14H16FN5. The minimum atomic E-state index is -0.211. The van der Waals surface area contributed by atoms with Crippen LogP contribution < -0.4 is 10.6 Å². The smallest absolute Gasteiger partial charge is 0.244 e. The van der Waals surface area contributed by atoms with Crippen LogP contribution in [0.1, 0.15) is 18.4 Å². The highest BCUT2D eigenvalue weighted by Crippen LogP contribution is 2.22. The quantitative estimate of drug-likeness (QED) is 0.845. The molecular weight excluding hydrogens is 257 g/mol. The Morgan fingerprint density at radius 3 is 2.75 bits per heavy atom. The number of aromatic nitrogens is 3. The van der Waals surface area contributed by atoms with Crippen LogP contribution in [0, 0.1) is 5.82 Å². The molecule has 1 fully saturated rings. The number of hydrogen-bond donors (Lipinski definition) is 2. The first-order chi connectivity index (χ1) is 9.79. The first-order valence-electron chi connectivity index (χ1n) is 6.74. The molecule has 20 heavy (non-hydrogen) atoms. The predicted molar refractivity (Wildman–Crippen MR) is 75.1 cm³/mol. The Morgan fingerprint density at radius 2 is 2.00 bits per heavy atom. The molecule has 1 saturated carbocycles. The summed E-state index contributed by atoms with van der Waals surface area (Å²) in [6.07, 6.45) is 4.75. The van der Waals surface area contributed by atoms with E-state index in [1.54, 1.807) is 18.3 Å². The maximum absolute atomic E-state index is 12.8. The van der Waals surface area contributed by atoms with E-state index in [1.807, 2.05) is 0 Å². The van der Waals surface area contributed by atoms with Gasteiger partial charge in [0, 0.05) is 12.6 Å². The van der Waals surface area contributed by atoms with Gasteiger partial charge >= 0.3 is 0 Å². The van der Waals surface area contributed by atoms with Crippen LogP contribution in [0.2, 0.25) is 0 Å². The lowest BCUT2D eigenvalue weighted by Crippen LogP contribution is -2.11. The molecule has 1 aliphatic carbocycles. The van der Waals surface area contributed by atoms with Crippen molar-refractivity contribution in [3.05, 3.63) is 41.8 Å². The fourth-order valence-corrected chi connectivity index (χ4v) is 1.85. The molecule has 6 heteroatoms. The molecule has 0 aliphatic heterocycles. The van der Waals surface area contributed by atoms with Crippen molar-refractivity contribution in [1.82, 2.24) is 15.2 Å². The Labute approximate surface area is 116 Å². The third-order valence-electron chi connectivity index (χ3n) is 3.10. The average molecular weight is 273 g/mol. The van der Waals surface area contributed by atoms with Crippen molar-refractivity contribution < 1.29 is 4.39 Å². The summed E-state index contributed by atoms with van der Waals surface area (Å²) in [6, 6.07) is 7.02. The van der Waals surface area contributed by atoms with E-state index in [1.165, 1.54) is 25.0 Å². The van der Waals surface area contributed by atoms with E-state index in [9.17, 15) is 4.39 Å². The van der Waals surface area contributed by atoms with Crippen molar-refractivity contribution in [3.8, 4) is 0 Å². The molecule has 2 aromatic rings. The SMILES string of the molecule is Fc1ccc(CCNc2cnnc(NC3CC3)n2)cc1. The van der Waals surface area contributed by atoms with Crippen molar-refractivity contribution in [2.75, 3.05) is 17.2 Å². The van der Waals surface area contributed by atoms with E-state index in [-0.39, 0.29) is 5.82 Å². The molecule has 1 aromatic heterocycles. The predicted octanol–water partition coefficient (Wildman–Crippen LogP) is 2.24. The first-order valence-corrected chi connectivity index (χ1v) is 6.74. The van der Waals surface area contributed by atoms with E-state index in [2.05, 4.69) is 25.8 Å². The molecule has 0 spiro atoms. The average Bonchev–Trinajstić information content (AvgIpc) is 3.26. The zero-order valence-corrected chi connectivity index (χ0v) is 11.0. The summed E-state index contributed by atoms with van der Waals surface area (Å²) in [5.74, 6) is 1.06. The second-order valence-corrected chi connectivity index (χ2v) is 4.89. The molecule has 1 heterocycles. The van der Waals surface area contributed by atoms with Crippen molar-refractivity contribution in [2.45, 2.75) is 25.3 Å². The second-order valence-electron chi connectivity index (χ2n) is 4.89. The van der Waals surface area contributed by atoms with Crippen LogP contribution in [0.4, 0.5) is 16.2 Å². The van der Waals surface area contributed by atoms with Gasteiger partial charge in [0.2, 0.25) is 5.95 Å². The van der Waals surface area contributed by atoms with Gasteiger partial charge in [0.15, 0.2) is 5.82 Å². The van der Waals surface area contributed by atoms with E-state index in [0.29, 0.717) is 24.4 Å². The van der Waals surface area contributed by atoms with Gasteiger partial charge in [0.1, 0.15) is 5.82 Å². The number of hydrogen-bond acceptors (Lipinski definition) is 5. The van der Waals surface area contributed by atoms with E-state index >= 15 is 0 Å². The molecule has 3 rings (SSSR count). The third-order valence-corrected chi connectivity index (χ3v) is 3.10. The Balaban J connectivity index is 1.51. The van der Waals surface area contributed by atoms with Gasteiger partial charge in [-0.05, 0) is 37.0 Å². The normalized spacial score (nSPS) is 14.1. The fraction of sp³-hybridized carbons (Fsp3) is 0.357. The number of nitrogens with zero attached hydrogens (tertiary/aromatic N) is 3. The molecule has 0 unspecified atom stereocenters. The highest BCUT2D eigenvalue weighted by molar-refractivity contribution is 5.38. The lowest BCUT2D eigenvalue weighted by atomic mass is 10.1. The van der Waals surface area contributed by atoms with Crippen LogP contribution >= 0.6 is 0 Å². The molecule has 0 radical (unpaired) electrons. The fourth-order valence-electron chi connectivity index (χ4n) is 1.85. The molecule has 0 saturated heterocycles. The number of benzene rings is 1. The van der Waals surface area contributed by atoms with Crippen molar-refractivity contribution in [1.29, 1.82) is 0 Å². The molecule has 1 aliphatic rings. The molecule has 0 bridgehead atoms. The van der Waals surface area contributed by atoms with E-state index in [4.69, 9.17) is 0 Å². The minimum absolute atomic E-state index is 0.211. The summed E-state index contributed by atoms with van der Waals surface area (Å²) in [6.45, 7) is 0.715. The molecule has 2 N–H and O–H groups in total. The Hall–Kier alpha value is -2.24. The van der Waals surface area contributed by atoms with Crippen molar-refractivity contribution >= 4 is 11.8 Å². The van der Waals surface area contributed by atoms with Crippen LogP contribution in [-0.2, 0) is 6.42 Å². The summed E-state index contributed by atoms with van der Waals surface area (Å²) in [4.78, 5) is 4.34. The van der Waals surface area contributed by atoms with Crippen LogP contribution in [-0.4, -0.2) is 27.8 Å². The number of rotatable bonds is 6. The summed E-state index contributed by atoms with van der Waals surface area (Å²) in [7, 11) is 0. The van der Waals surface area contributed by atoms with Gasteiger partial charge < -0.3 is 10.6 Å². The standard InChI is InChI=1S/C14H16FN5/c15-11-3-1-10(2-4-11)7-8-16-13-9-17-20-14(19-13)18-12-5-6-12/h1-4,9,12H,5-8H2,(H2,16,18,19,20). The number of anilines is 2. The van der Waals surface area contributed by atoms with Crippen LogP contribution in [0.25, 0.3) is 0 Å². The van der Waals surface area contributed by atoms with Gasteiger partial charge in [-0.1, -0.05) is 12.1 Å². The Morgan fingerprint density at radius 1 is 1.20 bits per heavy atom. The summed E-state index contributed by atoms with van der Waals surface area (Å²) in [5, 5.41) is 14.3. The highest BCUT2D eigenvalue weighted by atomic mass is 19.1. The van der Waals surface area contributed by atoms with E-state index < -0.39 is 0 Å². The zero-order chi connectivity index (χ0) is 13.8. The maximum atomic E-state index is 12.8. The lowest BCUT2D eigenvalue weighted by molar-refractivity contribution is 0.627. The van der Waals surface area contributed by atoms with Gasteiger partial charge in [-0.15, -0.1) is 5.10 Å². The van der Waals surface area contributed by atoms with Gasteiger partial charge in [-0.2, -0.15) is 10.1 Å². The number of nitrogens with one attached hydrogen (secondary N) is 2. The first kappa shape index (κ1) is 12.8. The van der Waals surface area contributed by atoms with Crippen molar-refractivity contribution in [3.63, 3.8) is 0 Å². The van der Waals surface area contributed by atoms with Gasteiger partial charge in [-0.3, -0.25) is 0 Å². The summed E-state index contributed by atoms with van der Waals surface area (Å²) in [5.41, 5.74) is 1.08. The Bertz CT molecular complexity index is 568. The third kappa shape index (κ3) is 3.63.